The first-order valence-corrected chi connectivity index (χ1v) is 8.87. The van der Waals surface area contributed by atoms with E-state index in [1.807, 2.05) is 0 Å². The zero-order chi connectivity index (χ0) is 14.8. The van der Waals surface area contributed by atoms with Crippen LogP contribution >= 0.6 is 11.6 Å². The van der Waals surface area contributed by atoms with Gasteiger partial charge in [0.25, 0.3) is 0 Å². The number of nitrogens with one attached hydrogen (secondary N) is 1. The number of halogens is 1. The number of sulfonamides is 1. The third-order valence-electron chi connectivity index (χ3n) is 3.99. The molecule has 4 nitrogen and oxygen atoms in total. The normalized spacial score (nSPS) is 23.7. The predicted octanol–water partition coefficient (Wildman–Crippen LogP) is 3.17. The van der Waals surface area contributed by atoms with Gasteiger partial charge in [-0.15, -0.1) is 0 Å². The maximum absolute atomic E-state index is 12.5. The molecule has 112 valence electrons. The van der Waals surface area contributed by atoms with E-state index in [1.165, 1.54) is 18.6 Å². The monoisotopic (exact) mass is 316 g/mol. The standard InChI is InChI=1S/C14H21ClN2O2S/c1-2-10-5-3-4-6-13(10)17-20(18,19)14-8-7-11(16)9-12(14)15/h7-10,13,17H,2-6,16H2,1H3. The van der Waals surface area contributed by atoms with Crippen molar-refractivity contribution in [3.8, 4) is 0 Å². The van der Waals surface area contributed by atoms with Crippen LogP contribution in [0.5, 0.6) is 0 Å². The van der Waals surface area contributed by atoms with Crippen LogP contribution < -0.4 is 10.5 Å². The minimum absolute atomic E-state index is 0.00682. The van der Waals surface area contributed by atoms with Crippen molar-refractivity contribution in [1.82, 2.24) is 4.72 Å². The average molecular weight is 317 g/mol. The molecule has 0 radical (unpaired) electrons. The molecule has 1 aliphatic carbocycles. The summed E-state index contributed by atoms with van der Waals surface area (Å²) in [7, 11) is -3.59. The molecule has 1 aromatic rings. The van der Waals surface area contributed by atoms with E-state index in [2.05, 4.69) is 11.6 Å². The van der Waals surface area contributed by atoms with E-state index in [1.54, 1.807) is 6.07 Å². The fourth-order valence-electron chi connectivity index (χ4n) is 2.85. The van der Waals surface area contributed by atoms with Crippen molar-refractivity contribution in [2.24, 2.45) is 5.92 Å². The second-order valence-corrected chi connectivity index (χ2v) is 7.46. The molecule has 2 rings (SSSR count). The van der Waals surface area contributed by atoms with Crippen molar-refractivity contribution in [2.75, 3.05) is 5.73 Å². The van der Waals surface area contributed by atoms with Crippen molar-refractivity contribution >= 4 is 27.3 Å². The second-order valence-electron chi connectivity index (χ2n) is 5.37. The lowest BCUT2D eigenvalue weighted by Crippen LogP contribution is -2.41. The first kappa shape index (κ1) is 15.6. The molecule has 3 N–H and O–H groups in total. The van der Waals surface area contributed by atoms with Gasteiger partial charge in [-0.25, -0.2) is 13.1 Å². The van der Waals surface area contributed by atoms with E-state index in [4.69, 9.17) is 17.3 Å². The van der Waals surface area contributed by atoms with Crippen LogP contribution in [0, 0.1) is 5.92 Å². The van der Waals surface area contributed by atoms with Crippen molar-refractivity contribution < 1.29 is 8.42 Å². The molecule has 1 fully saturated rings. The van der Waals surface area contributed by atoms with Gasteiger partial charge in [0, 0.05) is 11.7 Å². The fraction of sp³-hybridized carbons (Fsp3) is 0.571. The predicted molar refractivity (Wildman–Crippen MR) is 82.2 cm³/mol. The Hall–Kier alpha value is -0.780. The minimum atomic E-state index is -3.59. The Morgan fingerprint density at radius 3 is 2.70 bits per heavy atom. The Morgan fingerprint density at radius 1 is 1.35 bits per heavy atom. The van der Waals surface area contributed by atoms with Gasteiger partial charge in [0.1, 0.15) is 4.90 Å². The van der Waals surface area contributed by atoms with E-state index >= 15 is 0 Å². The Labute approximate surface area is 125 Å². The number of anilines is 1. The molecule has 0 amide bonds. The molecular formula is C14H21ClN2O2S. The molecule has 0 heterocycles. The lowest BCUT2D eigenvalue weighted by Gasteiger charge is -2.31. The maximum Gasteiger partial charge on any atom is 0.242 e. The molecule has 0 spiro atoms. The summed E-state index contributed by atoms with van der Waals surface area (Å²) in [5.41, 5.74) is 6.06. The third kappa shape index (κ3) is 3.45. The number of nitrogen functional groups attached to an aromatic ring is 1. The van der Waals surface area contributed by atoms with Crippen LogP contribution in [0.3, 0.4) is 0 Å². The molecule has 0 bridgehead atoms. The smallest absolute Gasteiger partial charge is 0.242 e. The Bertz CT molecular complexity index is 575. The molecule has 0 saturated heterocycles. The Kier molecular flexibility index (Phi) is 4.94. The van der Waals surface area contributed by atoms with Crippen LogP contribution in [0.15, 0.2) is 23.1 Å². The lowest BCUT2D eigenvalue weighted by atomic mass is 9.83. The number of nitrogens with two attached hydrogens (primary N) is 1. The van der Waals surface area contributed by atoms with Crippen LogP contribution in [0.2, 0.25) is 5.02 Å². The number of rotatable bonds is 4. The Balaban J connectivity index is 2.22. The number of hydrogen-bond donors (Lipinski definition) is 2. The highest BCUT2D eigenvalue weighted by molar-refractivity contribution is 7.89. The first-order valence-electron chi connectivity index (χ1n) is 7.01. The van der Waals surface area contributed by atoms with Gasteiger partial charge in [0.05, 0.1) is 5.02 Å². The van der Waals surface area contributed by atoms with E-state index in [9.17, 15) is 8.42 Å². The molecule has 0 aromatic heterocycles. The topological polar surface area (TPSA) is 72.2 Å². The lowest BCUT2D eigenvalue weighted by molar-refractivity contribution is 0.282. The summed E-state index contributed by atoms with van der Waals surface area (Å²) < 4.78 is 27.7. The van der Waals surface area contributed by atoms with Gasteiger partial charge in [-0.3, -0.25) is 0 Å². The van der Waals surface area contributed by atoms with Gasteiger partial charge < -0.3 is 5.73 Å². The van der Waals surface area contributed by atoms with Gasteiger partial charge >= 0.3 is 0 Å². The van der Waals surface area contributed by atoms with Crippen molar-refractivity contribution in [3.05, 3.63) is 23.2 Å². The number of hydrogen-bond acceptors (Lipinski definition) is 3. The fourth-order valence-corrected chi connectivity index (χ4v) is 4.74. The molecule has 2 unspecified atom stereocenters. The summed E-state index contributed by atoms with van der Waals surface area (Å²) in [6.07, 6.45) is 5.21. The van der Waals surface area contributed by atoms with Gasteiger partial charge in [0.2, 0.25) is 10.0 Å². The van der Waals surface area contributed by atoms with E-state index in [-0.39, 0.29) is 16.0 Å². The third-order valence-corrected chi connectivity index (χ3v) is 5.96. The quantitative estimate of drug-likeness (QED) is 0.838. The van der Waals surface area contributed by atoms with E-state index < -0.39 is 10.0 Å². The van der Waals surface area contributed by atoms with Crippen molar-refractivity contribution in [2.45, 2.75) is 50.0 Å². The summed E-state index contributed by atoms with van der Waals surface area (Å²) in [5, 5.41) is 0.168. The van der Waals surface area contributed by atoms with Gasteiger partial charge in [-0.1, -0.05) is 37.8 Å². The van der Waals surface area contributed by atoms with Crippen LogP contribution in [-0.2, 0) is 10.0 Å². The maximum atomic E-state index is 12.5. The summed E-state index contributed by atoms with van der Waals surface area (Å²) in [6.45, 7) is 2.10. The van der Waals surface area contributed by atoms with Crippen LogP contribution in [-0.4, -0.2) is 14.5 Å². The highest BCUT2D eigenvalue weighted by Crippen LogP contribution is 2.29. The van der Waals surface area contributed by atoms with E-state index in [0.29, 0.717) is 11.6 Å². The van der Waals surface area contributed by atoms with Crippen molar-refractivity contribution in [3.63, 3.8) is 0 Å². The summed E-state index contributed by atoms with van der Waals surface area (Å²) >= 11 is 6.00. The van der Waals surface area contributed by atoms with Crippen LogP contribution in [0.25, 0.3) is 0 Å². The Morgan fingerprint density at radius 2 is 2.05 bits per heavy atom. The van der Waals surface area contributed by atoms with Gasteiger partial charge in [-0.2, -0.15) is 0 Å². The molecule has 1 aliphatic rings. The van der Waals surface area contributed by atoms with Gasteiger partial charge in [-0.05, 0) is 37.0 Å². The highest BCUT2D eigenvalue weighted by Gasteiger charge is 2.29. The second kappa shape index (κ2) is 6.33. The van der Waals surface area contributed by atoms with Crippen LogP contribution in [0.1, 0.15) is 39.0 Å². The number of benzene rings is 1. The molecule has 1 aromatic carbocycles. The average Bonchev–Trinajstić information content (AvgIpc) is 2.38. The highest BCUT2D eigenvalue weighted by atomic mass is 35.5. The van der Waals surface area contributed by atoms with Crippen molar-refractivity contribution in [1.29, 1.82) is 0 Å². The summed E-state index contributed by atoms with van der Waals surface area (Å²) in [5.74, 6) is 0.408. The molecule has 0 aliphatic heterocycles. The molecular weight excluding hydrogens is 296 g/mol. The summed E-state index contributed by atoms with van der Waals surface area (Å²) in [6, 6.07) is 4.49. The van der Waals surface area contributed by atoms with E-state index in [0.717, 1.165) is 25.7 Å². The SMILES string of the molecule is CCC1CCCCC1NS(=O)(=O)c1ccc(N)cc1Cl. The van der Waals surface area contributed by atoms with Crippen LogP contribution in [0.4, 0.5) is 5.69 Å². The van der Waals surface area contributed by atoms with Gasteiger partial charge in [0.15, 0.2) is 0 Å². The minimum Gasteiger partial charge on any atom is -0.399 e. The largest absolute Gasteiger partial charge is 0.399 e. The molecule has 1 saturated carbocycles. The molecule has 20 heavy (non-hydrogen) atoms. The first-order chi connectivity index (χ1) is 9.44. The zero-order valence-electron chi connectivity index (χ0n) is 11.6. The molecule has 2 atom stereocenters. The summed E-state index contributed by atoms with van der Waals surface area (Å²) in [4.78, 5) is 0.105. The zero-order valence-corrected chi connectivity index (χ0v) is 13.2. The molecule has 6 heteroatoms.